The first-order valence-corrected chi connectivity index (χ1v) is 9.78. The number of halogens is 1. The number of nitrogens with one attached hydrogen (secondary N) is 2. The molecule has 0 fully saturated rings. The molecule has 3 aromatic heterocycles. The van der Waals surface area contributed by atoms with Crippen molar-refractivity contribution in [3.63, 3.8) is 0 Å². The molecule has 1 aromatic carbocycles. The van der Waals surface area contributed by atoms with Crippen LogP contribution in [0.4, 0.5) is 11.6 Å². The molecule has 0 saturated carbocycles. The average Bonchev–Trinajstić information content (AvgIpc) is 3.20. The monoisotopic (exact) mass is 424 g/mol. The predicted molar refractivity (Wildman–Crippen MR) is 116 cm³/mol. The summed E-state index contributed by atoms with van der Waals surface area (Å²) in [5, 5.41) is 15.7. The van der Waals surface area contributed by atoms with Crippen molar-refractivity contribution < 1.29 is 9.84 Å². The first kappa shape index (κ1) is 20.1. The molecule has 4 rings (SSSR count). The van der Waals surface area contributed by atoms with E-state index in [9.17, 15) is 0 Å². The van der Waals surface area contributed by atoms with Crippen LogP contribution in [-0.2, 0) is 6.54 Å². The lowest BCUT2D eigenvalue weighted by Gasteiger charge is -2.13. The molecule has 0 radical (unpaired) electrons. The van der Waals surface area contributed by atoms with Crippen LogP contribution >= 0.6 is 11.6 Å². The molecule has 9 heteroatoms. The smallest absolute Gasteiger partial charge is 0.227 e. The summed E-state index contributed by atoms with van der Waals surface area (Å²) in [4.78, 5) is 13.3. The van der Waals surface area contributed by atoms with Gasteiger partial charge in [0.05, 0.1) is 42.5 Å². The number of methoxy groups -OCH3 is 1. The van der Waals surface area contributed by atoms with Gasteiger partial charge in [0.1, 0.15) is 17.1 Å². The molecule has 0 amide bonds. The maximum absolute atomic E-state index is 8.90. The number of pyridine rings is 1. The normalized spacial score (nSPS) is 11.0. The molecular formula is C21H21ClN6O2. The number of imidazole rings is 1. The summed E-state index contributed by atoms with van der Waals surface area (Å²) < 4.78 is 7.44. The number of fused-ring (bicyclic) bond motifs is 1. The van der Waals surface area contributed by atoms with E-state index in [1.807, 2.05) is 47.0 Å². The van der Waals surface area contributed by atoms with Crippen LogP contribution in [-0.4, -0.2) is 44.7 Å². The van der Waals surface area contributed by atoms with Crippen LogP contribution in [0.3, 0.4) is 0 Å². The number of rotatable bonds is 8. The molecule has 8 nitrogen and oxygen atoms in total. The molecule has 0 bridgehead atoms. The summed E-state index contributed by atoms with van der Waals surface area (Å²) in [6, 6.07) is 11.6. The second-order valence-corrected chi connectivity index (χ2v) is 6.93. The van der Waals surface area contributed by atoms with Gasteiger partial charge in [0.2, 0.25) is 5.95 Å². The number of anilines is 2. The Morgan fingerprint density at radius 3 is 2.90 bits per heavy atom. The van der Waals surface area contributed by atoms with E-state index < -0.39 is 0 Å². The molecule has 0 saturated heterocycles. The van der Waals surface area contributed by atoms with Crippen LogP contribution in [0.15, 0.2) is 55.0 Å². The summed E-state index contributed by atoms with van der Waals surface area (Å²) in [5.74, 6) is 1.05. The molecule has 0 unspecified atom stereocenters. The Bertz CT molecular complexity index is 1160. The molecule has 0 atom stereocenters. The standard InChI is InChI=1S/C21H21ClN6O2/c1-30-18-10-14(11-23-7-9-29)5-6-16(18)26-21-25-12-15(22)20(27-21)17-13-24-19-4-2-3-8-28(17)19/h2-6,8,10,12-13,23,29H,7,9,11H2,1H3,(H,25,26,27). The van der Waals surface area contributed by atoms with Crippen molar-refractivity contribution in [3.8, 4) is 17.1 Å². The van der Waals surface area contributed by atoms with E-state index in [0.717, 1.165) is 22.6 Å². The summed E-state index contributed by atoms with van der Waals surface area (Å²) >= 11 is 6.39. The first-order valence-electron chi connectivity index (χ1n) is 9.40. The number of aliphatic hydroxyl groups excluding tert-OH is 1. The molecule has 0 aliphatic carbocycles. The largest absolute Gasteiger partial charge is 0.495 e. The fourth-order valence-corrected chi connectivity index (χ4v) is 3.28. The Balaban J connectivity index is 1.62. The average molecular weight is 425 g/mol. The highest BCUT2D eigenvalue weighted by atomic mass is 35.5. The van der Waals surface area contributed by atoms with Crippen molar-refractivity contribution in [1.29, 1.82) is 0 Å². The Labute approximate surface area is 178 Å². The minimum Gasteiger partial charge on any atom is -0.495 e. The van der Waals surface area contributed by atoms with Crippen molar-refractivity contribution in [2.45, 2.75) is 6.54 Å². The molecule has 0 aliphatic rings. The van der Waals surface area contributed by atoms with Gasteiger partial charge < -0.3 is 20.5 Å². The third-order valence-corrected chi connectivity index (χ3v) is 4.81. The quantitative estimate of drug-likeness (QED) is 0.373. The zero-order chi connectivity index (χ0) is 20.9. The number of aliphatic hydroxyl groups is 1. The van der Waals surface area contributed by atoms with Gasteiger partial charge in [-0.3, -0.25) is 4.40 Å². The molecular weight excluding hydrogens is 404 g/mol. The fourth-order valence-electron chi connectivity index (χ4n) is 3.10. The van der Waals surface area contributed by atoms with E-state index in [2.05, 4.69) is 25.6 Å². The van der Waals surface area contributed by atoms with E-state index in [1.54, 1.807) is 19.5 Å². The van der Waals surface area contributed by atoms with Crippen molar-refractivity contribution >= 4 is 28.9 Å². The number of hydrogen-bond acceptors (Lipinski definition) is 7. The van der Waals surface area contributed by atoms with Gasteiger partial charge in [-0.05, 0) is 29.8 Å². The zero-order valence-electron chi connectivity index (χ0n) is 16.3. The minimum absolute atomic E-state index is 0.0967. The highest BCUT2D eigenvalue weighted by Gasteiger charge is 2.14. The summed E-state index contributed by atoms with van der Waals surface area (Å²) in [6.07, 6.45) is 5.21. The first-order chi connectivity index (χ1) is 14.7. The second-order valence-electron chi connectivity index (χ2n) is 6.52. The minimum atomic E-state index is 0.0967. The summed E-state index contributed by atoms with van der Waals surface area (Å²) in [6.45, 7) is 1.26. The lowest BCUT2D eigenvalue weighted by Crippen LogP contribution is -2.17. The van der Waals surface area contributed by atoms with Crippen LogP contribution in [0.1, 0.15) is 5.56 Å². The van der Waals surface area contributed by atoms with E-state index in [-0.39, 0.29) is 6.61 Å². The van der Waals surface area contributed by atoms with Crippen LogP contribution in [0, 0.1) is 0 Å². The SMILES string of the molecule is COc1cc(CNCCO)ccc1Nc1ncc(Cl)c(-c2cnc3ccccn23)n1. The zero-order valence-corrected chi connectivity index (χ0v) is 17.1. The maximum Gasteiger partial charge on any atom is 0.227 e. The Morgan fingerprint density at radius 1 is 1.17 bits per heavy atom. The number of aromatic nitrogens is 4. The lowest BCUT2D eigenvalue weighted by molar-refractivity contribution is 0.292. The van der Waals surface area contributed by atoms with E-state index in [1.165, 1.54) is 0 Å². The van der Waals surface area contributed by atoms with Crippen LogP contribution in [0.25, 0.3) is 17.0 Å². The second kappa shape index (κ2) is 9.08. The number of nitrogens with zero attached hydrogens (tertiary/aromatic N) is 4. The molecule has 3 N–H and O–H groups in total. The number of hydrogen-bond donors (Lipinski definition) is 3. The van der Waals surface area contributed by atoms with Crippen LogP contribution < -0.4 is 15.4 Å². The number of benzene rings is 1. The van der Waals surface area contributed by atoms with E-state index >= 15 is 0 Å². The predicted octanol–water partition coefficient (Wildman–Crippen LogP) is 3.28. The number of ether oxygens (including phenoxy) is 1. The lowest BCUT2D eigenvalue weighted by atomic mass is 10.2. The Kier molecular flexibility index (Phi) is 6.08. The molecule has 3 heterocycles. The van der Waals surface area contributed by atoms with Crippen LogP contribution in [0.2, 0.25) is 5.02 Å². The Morgan fingerprint density at radius 2 is 2.07 bits per heavy atom. The molecule has 30 heavy (non-hydrogen) atoms. The third-order valence-electron chi connectivity index (χ3n) is 4.53. The van der Waals surface area contributed by atoms with Crippen LogP contribution in [0.5, 0.6) is 5.75 Å². The fraction of sp³-hybridized carbons (Fsp3) is 0.190. The van der Waals surface area contributed by atoms with Crippen molar-refractivity contribution in [3.05, 3.63) is 65.6 Å². The topological polar surface area (TPSA) is 96.6 Å². The van der Waals surface area contributed by atoms with Gasteiger partial charge in [0, 0.05) is 19.3 Å². The van der Waals surface area contributed by atoms with Gasteiger partial charge in [0.25, 0.3) is 0 Å². The molecule has 154 valence electrons. The molecule has 4 aromatic rings. The van der Waals surface area contributed by atoms with Gasteiger partial charge >= 0.3 is 0 Å². The summed E-state index contributed by atoms with van der Waals surface area (Å²) in [5.41, 5.74) is 3.93. The van der Waals surface area contributed by atoms with Gasteiger partial charge in [-0.2, -0.15) is 0 Å². The van der Waals surface area contributed by atoms with Gasteiger partial charge in [-0.15, -0.1) is 0 Å². The van der Waals surface area contributed by atoms with Gasteiger partial charge in [0.15, 0.2) is 0 Å². The van der Waals surface area contributed by atoms with Crippen molar-refractivity contribution in [2.24, 2.45) is 0 Å². The van der Waals surface area contributed by atoms with Gasteiger partial charge in [-0.25, -0.2) is 15.0 Å². The highest BCUT2D eigenvalue weighted by molar-refractivity contribution is 6.32. The highest BCUT2D eigenvalue weighted by Crippen LogP contribution is 2.30. The Hall–Kier alpha value is -3.20. The van der Waals surface area contributed by atoms with Gasteiger partial charge in [-0.1, -0.05) is 23.7 Å². The van der Waals surface area contributed by atoms with E-state index in [0.29, 0.717) is 35.5 Å². The molecule has 0 aliphatic heterocycles. The van der Waals surface area contributed by atoms with Crippen molar-refractivity contribution in [1.82, 2.24) is 24.7 Å². The van der Waals surface area contributed by atoms with Crippen molar-refractivity contribution in [2.75, 3.05) is 25.6 Å². The van der Waals surface area contributed by atoms with E-state index in [4.69, 9.17) is 21.4 Å². The third kappa shape index (κ3) is 4.20. The summed E-state index contributed by atoms with van der Waals surface area (Å²) in [7, 11) is 1.61. The molecule has 0 spiro atoms. The maximum atomic E-state index is 8.90.